The van der Waals surface area contributed by atoms with Crippen molar-refractivity contribution >= 4 is 41.3 Å². The number of nitrogens with zero attached hydrogens (tertiary/aromatic N) is 2. The highest BCUT2D eigenvalue weighted by molar-refractivity contribution is 6.30. The normalized spacial score (nSPS) is 12.2. The number of aromatic nitrogens is 2. The number of aryl methyl sites for hydroxylation is 1. The van der Waals surface area contributed by atoms with Crippen molar-refractivity contribution in [1.29, 1.82) is 0 Å². The lowest BCUT2D eigenvalue weighted by Gasteiger charge is -2.19. The summed E-state index contributed by atoms with van der Waals surface area (Å²) in [5, 5.41) is 28.8. The molecule has 0 amide bonds. The second-order valence-electron chi connectivity index (χ2n) is 10.8. The quantitative estimate of drug-likeness (QED) is 0.112. The number of fused-ring (bicyclic) bond motifs is 1. The molecule has 0 saturated carbocycles. The molecule has 3 aromatic rings. The molecule has 0 atom stereocenters. The molecule has 310 valence electrons. The zero-order valence-corrected chi connectivity index (χ0v) is 29.7. The number of methoxy groups -OCH3 is 1. The number of ether oxygens (including phenoxy) is 2. The first-order chi connectivity index (χ1) is 25.9. The van der Waals surface area contributed by atoms with Crippen LogP contribution in [-0.4, -0.2) is 94.7 Å². The van der Waals surface area contributed by atoms with Gasteiger partial charge >= 0.3 is 36.4 Å². The predicted molar refractivity (Wildman–Crippen MR) is 181 cm³/mol. The number of halogens is 10. The molecule has 1 aliphatic carbocycles. The number of hydrogen-bond acceptors (Lipinski definition) is 9. The van der Waals surface area contributed by atoms with Gasteiger partial charge in [0.05, 0.1) is 17.3 Å². The summed E-state index contributed by atoms with van der Waals surface area (Å²) < 4.78 is 108. The number of allylic oxidation sites excluding steroid dienone is 1. The summed E-state index contributed by atoms with van der Waals surface area (Å²) in [6.07, 6.45) is -8.07. The molecule has 1 aromatic carbocycles. The van der Waals surface area contributed by atoms with Gasteiger partial charge in [0.15, 0.2) is 0 Å². The number of pyridine rings is 2. The van der Waals surface area contributed by atoms with Crippen molar-refractivity contribution in [3.05, 3.63) is 92.6 Å². The molecule has 0 spiro atoms. The van der Waals surface area contributed by atoms with Gasteiger partial charge in [-0.3, -0.25) is 14.3 Å². The molecule has 0 fully saturated rings. The highest BCUT2D eigenvalue weighted by atomic mass is 35.5. The van der Waals surface area contributed by atoms with Crippen molar-refractivity contribution in [3.63, 3.8) is 0 Å². The van der Waals surface area contributed by atoms with E-state index in [1.165, 1.54) is 17.2 Å². The Morgan fingerprint density at radius 3 is 1.89 bits per heavy atom. The molecular formula is C33H34ClF9N4O9. The van der Waals surface area contributed by atoms with Gasteiger partial charge < -0.3 is 35.4 Å². The van der Waals surface area contributed by atoms with Gasteiger partial charge in [0.1, 0.15) is 12.4 Å². The van der Waals surface area contributed by atoms with E-state index >= 15 is 0 Å². The molecule has 56 heavy (non-hydrogen) atoms. The fourth-order valence-electron chi connectivity index (χ4n) is 3.98. The minimum Gasteiger partial charge on any atom is -0.487 e. The number of nitrogens with one attached hydrogen (secondary N) is 2. The number of carboxylic acid groups (broad SMARTS) is 3. The lowest BCUT2D eigenvalue weighted by molar-refractivity contribution is -0.193. The van der Waals surface area contributed by atoms with Crippen LogP contribution in [0.4, 0.5) is 39.5 Å². The van der Waals surface area contributed by atoms with Crippen molar-refractivity contribution in [2.45, 2.75) is 44.5 Å². The summed E-state index contributed by atoms with van der Waals surface area (Å²) in [5.41, 5.74) is 5.37. The van der Waals surface area contributed by atoms with Crippen molar-refractivity contribution in [3.8, 4) is 5.75 Å². The molecule has 2 aromatic heterocycles. The summed E-state index contributed by atoms with van der Waals surface area (Å²) in [6.45, 7) is 4.53. The molecule has 13 nitrogen and oxygen atoms in total. The Morgan fingerprint density at radius 1 is 0.821 bits per heavy atom. The summed E-state index contributed by atoms with van der Waals surface area (Å²) >= 11 is 5.86. The van der Waals surface area contributed by atoms with E-state index in [0.29, 0.717) is 10.8 Å². The summed E-state index contributed by atoms with van der Waals surface area (Å²) in [7, 11) is 1.71. The van der Waals surface area contributed by atoms with Gasteiger partial charge in [0.2, 0.25) is 0 Å². The second-order valence-corrected chi connectivity index (χ2v) is 11.3. The summed E-state index contributed by atoms with van der Waals surface area (Å²) in [5.74, 6) is -7.75. The fraction of sp³-hybridized carbons (Fsp3) is 0.364. The van der Waals surface area contributed by atoms with Gasteiger partial charge in [-0.1, -0.05) is 29.8 Å². The van der Waals surface area contributed by atoms with Gasteiger partial charge in [0, 0.05) is 57.4 Å². The van der Waals surface area contributed by atoms with Gasteiger partial charge in [-0.2, -0.15) is 39.5 Å². The fourth-order valence-corrected chi connectivity index (χ4v) is 4.09. The first-order valence-electron chi connectivity index (χ1n) is 15.5. The second kappa shape index (κ2) is 23.0. The third-order valence-corrected chi connectivity index (χ3v) is 6.80. The molecule has 0 aliphatic heterocycles. The maximum absolute atomic E-state index is 12.8. The van der Waals surface area contributed by atoms with Crippen LogP contribution < -0.4 is 20.9 Å². The molecule has 4 rings (SSSR count). The van der Waals surface area contributed by atoms with E-state index in [9.17, 15) is 44.3 Å². The van der Waals surface area contributed by atoms with E-state index in [4.69, 9.17) is 50.8 Å². The number of benzene rings is 1. The minimum absolute atomic E-state index is 0.110. The van der Waals surface area contributed by atoms with Crippen LogP contribution in [0.3, 0.4) is 0 Å². The minimum atomic E-state index is -5.08. The van der Waals surface area contributed by atoms with Gasteiger partial charge in [-0.15, -0.1) is 0 Å². The Hall–Kier alpha value is -5.19. The zero-order valence-electron chi connectivity index (χ0n) is 28.9. The molecule has 1 aliphatic rings. The van der Waals surface area contributed by atoms with Crippen LogP contribution in [0, 0.1) is 0 Å². The van der Waals surface area contributed by atoms with Crippen molar-refractivity contribution in [2.75, 3.05) is 33.4 Å². The Labute approximate surface area is 316 Å². The maximum atomic E-state index is 12.8. The zero-order chi connectivity index (χ0) is 42.7. The molecular weight excluding hydrogens is 803 g/mol. The van der Waals surface area contributed by atoms with E-state index in [1.54, 1.807) is 36.2 Å². The van der Waals surface area contributed by atoms with Crippen LogP contribution in [0.1, 0.15) is 28.8 Å². The van der Waals surface area contributed by atoms with Gasteiger partial charge in [-0.05, 0) is 53.8 Å². The maximum Gasteiger partial charge on any atom is 0.490 e. The highest BCUT2D eigenvalue weighted by Gasteiger charge is 2.39. The van der Waals surface area contributed by atoms with Crippen LogP contribution in [-0.2, 0) is 38.7 Å². The van der Waals surface area contributed by atoms with E-state index in [-0.39, 0.29) is 12.2 Å². The van der Waals surface area contributed by atoms with Crippen molar-refractivity contribution in [1.82, 2.24) is 20.2 Å². The van der Waals surface area contributed by atoms with Gasteiger partial charge in [0.25, 0.3) is 5.56 Å². The number of rotatable bonds is 12. The first-order valence-corrected chi connectivity index (χ1v) is 15.9. The van der Waals surface area contributed by atoms with Crippen LogP contribution in [0.15, 0.2) is 59.7 Å². The largest absolute Gasteiger partial charge is 0.490 e. The van der Waals surface area contributed by atoms with Crippen LogP contribution in [0.5, 0.6) is 5.75 Å². The predicted octanol–water partition coefficient (Wildman–Crippen LogP) is 5.65. The number of alkyl halides is 9. The molecule has 0 bridgehead atoms. The Morgan fingerprint density at radius 2 is 1.39 bits per heavy atom. The van der Waals surface area contributed by atoms with Crippen molar-refractivity contribution < 1.29 is 78.7 Å². The van der Waals surface area contributed by atoms with E-state index in [2.05, 4.69) is 39.9 Å². The van der Waals surface area contributed by atoms with Crippen molar-refractivity contribution in [2.24, 2.45) is 0 Å². The third-order valence-electron chi connectivity index (χ3n) is 6.57. The third kappa shape index (κ3) is 19.4. The average molecular weight is 837 g/mol. The SMILES string of the molecule is COCCNCCNCc1ccc2c(c1)CCC(n1ccc(OCc3ccc(Cl)cn3)cc1=O)=C2.O=C(O)C(F)(F)F.O=C(O)C(F)(F)F.O=C(O)C(F)(F)F. The molecule has 5 N–H and O–H groups in total. The molecule has 0 radical (unpaired) electrons. The first kappa shape index (κ1) is 48.8. The van der Waals surface area contributed by atoms with E-state index in [0.717, 1.165) is 62.6 Å². The highest BCUT2D eigenvalue weighted by Crippen LogP contribution is 2.27. The Bertz CT molecular complexity index is 1760. The average Bonchev–Trinajstić information content (AvgIpc) is 3.10. The number of carbonyl (C=O) groups is 3. The molecule has 23 heteroatoms. The van der Waals surface area contributed by atoms with Crippen LogP contribution in [0.2, 0.25) is 5.02 Å². The topological polar surface area (TPSA) is 189 Å². The Balaban J connectivity index is 0.000000610. The number of carboxylic acids is 3. The van der Waals surface area contributed by atoms with E-state index in [1.807, 2.05) is 6.07 Å². The summed E-state index contributed by atoms with van der Waals surface area (Å²) in [6, 6.07) is 13.5. The van der Waals surface area contributed by atoms with Gasteiger partial charge in [-0.25, -0.2) is 14.4 Å². The Kier molecular flexibility index (Phi) is 20.1. The molecule has 0 unspecified atom stereocenters. The lowest BCUT2D eigenvalue weighted by atomic mass is 9.93. The molecule has 0 saturated heterocycles. The lowest BCUT2D eigenvalue weighted by Crippen LogP contribution is -2.29. The smallest absolute Gasteiger partial charge is 0.487 e. The molecule has 2 heterocycles. The number of hydrogen-bond donors (Lipinski definition) is 5. The van der Waals surface area contributed by atoms with Crippen LogP contribution in [0.25, 0.3) is 11.8 Å². The van der Waals surface area contributed by atoms with Crippen LogP contribution >= 0.6 is 11.6 Å². The number of aliphatic carboxylic acids is 3. The standard InChI is InChI=1S/C27H31ClN4O3.3C2HF3O2/c1-34-13-11-29-9-10-30-17-20-2-3-22-15-25(7-4-21(22)14-20)32-12-8-26(16-27(32)33)35-19-24-6-5-23(28)18-31-24;3*3-2(4,5)1(6)7/h2-3,5-6,8,12,14-16,18,29-30H,4,7,9-11,13,17,19H2,1H3;3*(H,6,7). The summed E-state index contributed by atoms with van der Waals surface area (Å²) in [4.78, 5) is 43.7. The van der Waals surface area contributed by atoms with E-state index < -0.39 is 36.4 Å². The monoisotopic (exact) mass is 836 g/mol.